The van der Waals surface area contributed by atoms with Crippen LogP contribution in [0.15, 0.2) is 24.3 Å². The number of aryl methyl sites for hydroxylation is 1. The van der Waals surface area contributed by atoms with Crippen LogP contribution in [0.5, 0.6) is 0 Å². The molecule has 22 heavy (non-hydrogen) atoms. The largest absolute Gasteiger partial charge is 0.361 e. The number of carbonyl (C=O) groups is 1. The van der Waals surface area contributed by atoms with Crippen molar-refractivity contribution in [2.45, 2.75) is 46.5 Å². The summed E-state index contributed by atoms with van der Waals surface area (Å²) in [6, 6.07) is 7.46. The predicted octanol–water partition coefficient (Wildman–Crippen LogP) is 3.32. The van der Waals surface area contributed by atoms with Crippen LogP contribution in [0.2, 0.25) is 0 Å². The van der Waals surface area contributed by atoms with Gasteiger partial charge in [-0.15, -0.1) is 0 Å². The lowest BCUT2D eigenvalue weighted by Crippen LogP contribution is -2.47. The van der Waals surface area contributed by atoms with Crippen LogP contribution in [0.4, 0.5) is 0 Å². The van der Waals surface area contributed by atoms with Gasteiger partial charge in [0.25, 0.3) is 5.91 Å². The molecule has 0 aliphatic heterocycles. The molecule has 3 N–H and O–H groups in total. The summed E-state index contributed by atoms with van der Waals surface area (Å²) in [4.78, 5) is 12.0. The van der Waals surface area contributed by atoms with Gasteiger partial charge in [-0.3, -0.25) is 15.6 Å². The minimum Gasteiger partial charge on any atom is -0.361 e. The summed E-state index contributed by atoms with van der Waals surface area (Å²) in [5.41, 5.74) is 6.98. The molecule has 1 amide bonds. The molecule has 0 bridgehead atoms. The van der Waals surface area contributed by atoms with Crippen molar-refractivity contribution >= 4 is 23.2 Å². The summed E-state index contributed by atoms with van der Waals surface area (Å²) < 4.78 is 0. The number of unbranched alkanes of at least 4 members (excludes halogenated alkanes) is 1. The summed E-state index contributed by atoms with van der Waals surface area (Å²) in [5, 5.41) is 3.63. The van der Waals surface area contributed by atoms with Gasteiger partial charge in [-0.05, 0) is 43.1 Å². The average molecular weight is 321 g/mol. The van der Waals surface area contributed by atoms with E-state index in [0.717, 1.165) is 18.5 Å². The minimum absolute atomic E-state index is 0.180. The molecule has 0 aliphatic carbocycles. The number of rotatable bonds is 7. The molecule has 1 aromatic rings. The van der Waals surface area contributed by atoms with Crippen LogP contribution in [-0.4, -0.2) is 17.6 Å². The van der Waals surface area contributed by atoms with E-state index in [2.05, 4.69) is 30.0 Å². The maximum Gasteiger partial charge on any atom is 0.269 e. The Kier molecular flexibility index (Phi) is 8.51. The molecule has 0 radical (unpaired) electrons. The number of nitrogens with one attached hydrogen (secondary N) is 3. The Labute approximate surface area is 139 Å². The SMILES string of the molecule is CCCC[C@@H](CC)CNC(=S)NNC(=O)c1ccccc1C. The Morgan fingerprint density at radius 3 is 2.59 bits per heavy atom. The second-order valence-corrected chi connectivity index (χ2v) is 5.93. The first-order valence-electron chi connectivity index (χ1n) is 7.98. The monoisotopic (exact) mass is 321 g/mol. The highest BCUT2D eigenvalue weighted by atomic mass is 32.1. The first kappa shape index (κ1) is 18.4. The Morgan fingerprint density at radius 1 is 1.23 bits per heavy atom. The summed E-state index contributed by atoms with van der Waals surface area (Å²) in [6.45, 7) is 7.14. The lowest BCUT2D eigenvalue weighted by atomic mass is 9.99. The number of hydrazine groups is 1. The summed E-state index contributed by atoms with van der Waals surface area (Å²) in [6.07, 6.45) is 4.79. The molecule has 4 nitrogen and oxygen atoms in total. The number of hydrogen-bond donors (Lipinski definition) is 3. The van der Waals surface area contributed by atoms with Gasteiger partial charge in [0, 0.05) is 12.1 Å². The smallest absolute Gasteiger partial charge is 0.269 e. The second-order valence-electron chi connectivity index (χ2n) is 5.52. The van der Waals surface area contributed by atoms with Gasteiger partial charge in [0.1, 0.15) is 0 Å². The van der Waals surface area contributed by atoms with Crippen LogP contribution in [0, 0.1) is 12.8 Å². The van der Waals surface area contributed by atoms with Crippen LogP contribution < -0.4 is 16.2 Å². The molecule has 5 heteroatoms. The lowest BCUT2D eigenvalue weighted by molar-refractivity contribution is 0.0943. The highest BCUT2D eigenvalue weighted by Gasteiger charge is 2.09. The van der Waals surface area contributed by atoms with Crippen LogP contribution >= 0.6 is 12.2 Å². The van der Waals surface area contributed by atoms with E-state index in [1.807, 2.05) is 25.1 Å². The normalized spacial score (nSPS) is 11.6. The number of benzene rings is 1. The zero-order valence-corrected chi connectivity index (χ0v) is 14.6. The van der Waals surface area contributed by atoms with Gasteiger partial charge in [-0.1, -0.05) is 51.3 Å². The van der Waals surface area contributed by atoms with E-state index in [1.54, 1.807) is 6.07 Å². The van der Waals surface area contributed by atoms with Crippen LogP contribution in [0.25, 0.3) is 0 Å². The van der Waals surface area contributed by atoms with Gasteiger partial charge < -0.3 is 5.32 Å². The van der Waals surface area contributed by atoms with E-state index in [4.69, 9.17) is 12.2 Å². The lowest BCUT2D eigenvalue weighted by Gasteiger charge is -2.17. The first-order chi connectivity index (χ1) is 10.6. The van der Waals surface area contributed by atoms with Crippen molar-refractivity contribution in [1.82, 2.24) is 16.2 Å². The molecule has 0 saturated heterocycles. The van der Waals surface area contributed by atoms with Gasteiger partial charge in [0.05, 0.1) is 0 Å². The molecular weight excluding hydrogens is 294 g/mol. The minimum atomic E-state index is -0.180. The van der Waals surface area contributed by atoms with E-state index in [1.165, 1.54) is 19.3 Å². The van der Waals surface area contributed by atoms with Crippen LogP contribution in [0.3, 0.4) is 0 Å². The van der Waals surface area contributed by atoms with Gasteiger partial charge >= 0.3 is 0 Å². The maximum atomic E-state index is 12.0. The number of hydrogen-bond acceptors (Lipinski definition) is 2. The van der Waals surface area contributed by atoms with Gasteiger partial charge in [0.2, 0.25) is 0 Å². The van der Waals surface area contributed by atoms with Crippen molar-refractivity contribution in [3.05, 3.63) is 35.4 Å². The molecule has 0 heterocycles. The molecule has 122 valence electrons. The highest BCUT2D eigenvalue weighted by molar-refractivity contribution is 7.80. The van der Waals surface area contributed by atoms with Gasteiger partial charge in [-0.2, -0.15) is 0 Å². The Balaban J connectivity index is 2.34. The van der Waals surface area contributed by atoms with Crippen molar-refractivity contribution in [2.24, 2.45) is 5.92 Å². The van der Waals surface area contributed by atoms with Crippen molar-refractivity contribution in [3.63, 3.8) is 0 Å². The predicted molar refractivity (Wildman–Crippen MR) is 95.7 cm³/mol. The maximum absolute atomic E-state index is 12.0. The summed E-state index contributed by atoms with van der Waals surface area (Å²) >= 11 is 5.20. The molecular formula is C17H27N3OS. The van der Waals surface area contributed by atoms with Gasteiger partial charge in [-0.25, -0.2) is 0 Å². The average Bonchev–Trinajstić information content (AvgIpc) is 2.53. The van der Waals surface area contributed by atoms with Crippen molar-refractivity contribution in [3.8, 4) is 0 Å². The van der Waals surface area contributed by atoms with Crippen LogP contribution in [0.1, 0.15) is 55.5 Å². The molecule has 1 rings (SSSR count). The van der Waals surface area contributed by atoms with E-state index >= 15 is 0 Å². The highest BCUT2D eigenvalue weighted by Crippen LogP contribution is 2.11. The third-order valence-electron chi connectivity index (χ3n) is 3.77. The Bertz CT molecular complexity index is 491. The van der Waals surface area contributed by atoms with E-state index < -0.39 is 0 Å². The van der Waals surface area contributed by atoms with Crippen molar-refractivity contribution in [1.29, 1.82) is 0 Å². The molecule has 0 aliphatic rings. The van der Waals surface area contributed by atoms with Crippen molar-refractivity contribution in [2.75, 3.05) is 6.54 Å². The topological polar surface area (TPSA) is 53.2 Å². The number of thiocarbonyl (C=S) groups is 1. The summed E-state index contributed by atoms with van der Waals surface area (Å²) in [5.74, 6) is 0.437. The van der Waals surface area contributed by atoms with Crippen molar-refractivity contribution < 1.29 is 4.79 Å². The Hall–Kier alpha value is -1.62. The van der Waals surface area contributed by atoms with E-state index in [0.29, 0.717) is 16.6 Å². The number of carbonyl (C=O) groups excluding carboxylic acids is 1. The van der Waals surface area contributed by atoms with Gasteiger partial charge in [0.15, 0.2) is 5.11 Å². The summed E-state index contributed by atoms with van der Waals surface area (Å²) in [7, 11) is 0. The number of amides is 1. The molecule has 1 aromatic carbocycles. The molecule has 0 aromatic heterocycles. The molecule has 0 unspecified atom stereocenters. The van der Waals surface area contributed by atoms with E-state index in [-0.39, 0.29) is 5.91 Å². The third kappa shape index (κ3) is 6.43. The zero-order chi connectivity index (χ0) is 16.4. The fourth-order valence-corrected chi connectivity index (χ4v) is 2.37. The zero-order valence-electron chi connectivity index (χ0n) is 13.7. The Morgan fingerprint density at radius 2 is 1.95 bits per heavy atom. The fourth-order valence-electron chi connectivity index (χ4n) is 2.23. The molecule has 0 saturated carbocycles. The third-order valence-corrected chi connectivity index (χ3v) is 4.02. The molecule has 1 atom stereocenters. The van der Waals surface area contributed by atoms with Crippen LogP contribution in [-0.2, 0) is 0 Å². The standard InChI is InChI=1S/C17H27N3OS/c1-4-6-10-14(5-2)12-18-17(22)20-19-16(21)15-11-8-7-9-13(15)3/h7-9,11,14H,4-6,10,12H2,1-3H3,(H,19,21)(H2,18,20,22)/t14-/m1/s1. The first-order valence-corrected chi connectivity index (χ1v) is 8.39. The quantitative estimate of drug-likeness (QED) is 0.533. The van der Waals surface area contributed by atoms with E-state index in [9.17, 15) is 4.79 Å². The second kappa shape index (κ2) is 10.2. The molecule has 0 fully saturated rings. The molecule has 0 spiro atoms. The fraction of sp³-hybridized carbons (Fsp3) is 0.529.